The molecule has 19 heavy (non-hydrogen) atoms. The van der Waals surface area contributed by atoms with E-state index in [9.17, 15) is 4.57 Å². The van der Waals surface area contributed by atoms with Gasteiger partial charge in [0.2, 0.25) is 0 Å². The topological polar surface area (TPSA) is 35.5 Å². The molecule has 0 aliphatic rings. The number of hydrogen-bond acceptors (Lipinski definition) is 3. The van der Waals surface area contributed by atoms with Crippen LogP contribution in [0, 0.1) is 0 Å². The summed E-state index contributed by atoms with van der Waals surface area (Å²) in [5.41, 5.74) is 0.749. The highest BCUT2D eigenvalue weighted by Crippen LogP contribution is 2.57. The second kappa shape index (κ2) is 7.66. The molecule has 5 heteroatoms. The molecule has 0 spiro atoms. The standard InChI is InChI=1S/C14H18ClO3P/c1-4-13(19(16,17-5-2)18-6-3)11-12-9-7-8-10-14(12)15/h4,7-11H,1,5-6H2,2-3H3/b13-11+. The molecule has 0 fully saturated rings. The van der Waals surface area contributed by atoms with E-state index in [0.717, 1.165) is 5.56 Å². The van der Waals surface area contributed by atoms with Crippen LogP contribution in [0.15, 0.2) is 42.2 Å². The Bertz CT molecular complexity index is 501. The Labute approximate surface area is 119 Å². The van der Waals surface area contributed by atoms with Crippen LogP contribution in [0.1, 0.15) is 19.4 Å². The van der Waals surface area contributed by atoms with E-state index >= 15 is 0 Å². The zero-order valence-corrected chi connectivity index (χ0v) is 12.8. The van der Waals surface area contributed by atoms with Gasteiger partial charge < -0.3 is 9.05 Å². The van der Waals surface area contributed by atoms with Gasteiger partial charge in [-0.05, 0) is 31.6 Å². The molecule has 0 amide bonds. The van der Waals surface area contributed by atoms with Gasteiger partial charge in [0.25, 0.3) is 0 Å². The third-order valence-electron chi connectivity index (χ3n) is 2.33. The molecule has 0 atom stereocenters. The molecule has 0 unspecified atom stereocenters. The summed E-state index contributed by atoms with van der Waals surface area (Å²) in [6.07, 6.45) is 3.16. The summed E-state index contributed by atoms with van der Waals surface area (Å²) in [5, 5.41) is 0.977. The minimum Gasteiger partial charge on any atom is -0.305 e. The molecule has 1 aromatic rings. The van der Waals surface area contributed by atoms with Crippen LogP contribution >= 0.6 is 19.2 Å². The lowest BCUT2D eigenvalue weighted by molar-refractivity contribution is 0.227. The Hall–Kier alpha value is -0.860. The number of hydrogen-bond donors (Lipinski definition) is 0. The van der Waals surface area contributed by atoms with Gasteiger partial charge in [-0.25, -0.2) is 0 Å². The van der Waals surface area contributed by atoms with E-state index < -0.39 is 7.60 Å². The van der Waals surface area contributed by atoms with Crippen LogP contribution in [0.4, 0.5) is 0 Å². The van der Waals surface area contributed by atoms with Gasteiger partial charge in [-0.2, -0.15) is 0 Å². The molecule has 3 nitrogen and oxygen atoms in total. The average Bonchev–Trinajstić information content (AvgIpc) is 2.38. The molecule has 0 radical (unpaired) electrons. The molecular weight excluding hydrogens is 283 g/mol. The summed E-state index contributed by atoms with van der Waals surface area (Å²) in [4.78, 5) is 0. The lowest BCUT2D eigenvalue weighted by atomic mass is 10.2. The Morgan fingerprint density at radius 2 is 1.89 bits per heavy atom. The lowest BCUT2D eigenvalue weighted by Gasteiger charge is -2.18. The van der Waals surface area contributed by atoms with Crippen molar-refractivity contribution in [2.24, 2.45) is 0 Å². The van der Waals surface area contributed by atoms with Crippen LogP contribution in [0.25, 0.3) is 6.08 Å². The predicted molar refractivity (Wildman–Crippen MR) is 80.5 cm³/mol. The number of rotatable bonds is 7. The summed E-state index contributed by atoms with van der Waals surface area (Å²) in [6.45, 7) is 7.80. The van der Waals surface area contributed by atoms with Crippen LogP contribution in [-0.2, 0) is 13.6 Å². The first kappa shape index (κ1) is 16.2. The summed E-state index contributed by atoms with van der Waals surface area (Å²) in [7, 11) is -3.33. The van der Waals surface area contributed by atoms with Crippen molar-refractivity contribution in [1.82, 2.24) is 0 Å². The maximum Gasteiger partial charge on any atom is 0.361 e. The van der Waals surface area contributed by atoms with Crippen LogP contribution < -0.4 is 0 Å². The quantitative estimate of drug-likeness (QED) is 0.517. The monoisotopic (exact) mass is 300 g/mol. The van der Waals surface area contributed by atoms with Crippen molar-refractivity contribution in [1.29, 1.82) is 0 Å². The molecule has 0 N–H and O–H groups in total. The summed E-state index contributed by atoms with van der Waals surface area (Å²) < 4.78 is 23.2. The molecule has 0 heterocycles. The zero-order chi connectivity index (χ0) is 14.3. The van der Waals surface area contributed by atoms with Crippen molar-refractivity contribution < 1.29 is 13.6 Å². The molecule has 0 bridgehead atoms. The van der Waals surface area contributed by atoms with E-state index in [1.54, 1.807) is 26.0 Å². The van der Waals surface area contributed by atoms with Gasteiger partial charge in [0, 0.05) is 5.02 Å². The zero-order valence-electron chi connectivity index (χ0n) is 11.1. The maximum atomic E-state index is 12.6. The predicted octanol–water partition coefficient (Wildman–Crippen LogP) is 5.13. The summed E-state index contributed by atoms with van der Waals surface area (Å²) >= 11 is 6.08. The molecule has 0 saturated heterocycles. The highest BCUT2D eigenvalue weighted by atomic mass is 35.5. The number of allylic oxidation sites excluding steroid dienone is 2. The van der Waals surface area contributed by atoms with Crippen LogP contribution in [0.2, 0.25) is 5.02 Å². The largest absolute Gasteiger partial charge is 0.361 e. The normalized spacial score (nSPS) is 12.5. The van der Waals surface area contributed by atoms with E-state index in [1.165, 1.54) is 6.08 Å². The first-order valence-corrected chi connectivity index (χ1v) is 7.97. The van der Waals surface area contributed by atoms with Crippen molar-refractivity contribution in [2.45, 2.75) is 13.8 Å². The molecule has 0 saturated carbocycles. The van der Waals surface area contributed by atoms with Gasteiger partial charge in [0.1, 0.15) is 0 Å². The number of benzene rings is 1. The van der Waals surface area contributed by atoms with Gasteiger partial charge in [-0.1, -0.05) is 42.5 Å². The second-order valence-electron chi connectivity index (χ2n) is 3.63. The third-order valence-corrected chi connectivity index (χ3v) is 4.82. The van der Waals surface area contributed by atoms with E-state index in [0.29, 0.717) is 23.6 Å². The molecule has 0 aromatic heterocycles. The van der Waals surface area contributed by atoms with Crippen molar-refractivity contribution in [3.05, 3.63) is 52.8 Å². The fourth-order valence-electron chi connectivity index (χ4n) is 1.53. The first-order valence-electron chi connectivity index (χ1n) is 6.05. The van der Waals surface area contributed by atoms with Gasteiger partial charge in [0.15, 0.2) is 0 Å². The minimum absolute atomic E-state index is 0.297. The van der Waals surface area contributed by atoms with Gasteiger partial charge in [-0.15, -0.1) is 0 Å². The molecule has 0 aliphatic carbocycles. The number of halogens is 1. The Balaban J connectivity index is 3.21. The van der Waals surface area contributed by atoms with Crippen LogP contribution in [0.5, 0.6) is 0 Å². The highest BCUT2D eigenvalue weighted by Gasteiger charge is 2.27. The summed E-state index contributed by atoms with van der Waals surface area (Å²) in [6, 6.07) is 7.27. The Kier molecular flexibility index (Phi) is 6.53. The van der Waals surface area contributed by atoms with Crippen LogP contribution in [-0.4, -0.2) is 13.2 Å². The van der Waals surface area contributed by atoms with Crippen molar-refractivity contribution in [2.75, 3.05) is 13.2 Å². The van der Waals surface area contributed by atoms with E-state index in [1.807, 2.05) is 18.2 Å². The van der Waals surface area contributed by atoms with Crippen LogP contribution in [0.3, 0.4) is 0 Å². The smallest absolute Gasteiger partial charge is 0.305 e. The summed E-state index contributed by atoms with van der Waals surface area (Å²) in [5.74, 6) is 0. The molecule has 1 aromatic carbocycles. The molecule has 0 aliphatic heterocycles. The van der Waals surface area contributed by atoms with Crippen molar-refractivity contribution >= 4 is 25.3 Å². The Morgan fingerprint density at radius 1 is 1.32 bits per heavy atom. The Morgan fingerprint density at radius 3 is 2.37 bits per heavy atom. The molecule has 104 valence electrons. The van der Waals surface area contributed by atoms with E-state index in [-0.39, 0.29) is 0 Å². The first-order chi connectivity index (χ1) is 9.07. The minimum atomic E-state index is -3.33. The van der Waals surface area contributed by atoms with Gasteiger partial charge in [-0.3, -0.25) is 4.57 Å². The fourth-order valence-corrected chi connectivity index (χ4v) is 3.29. The third kappa shape index (κ3) is 4.32. The van der Waals surface area contributed by atoms with E-state index in [4.69, 9.17) is 20.6 Å². The average molecular weight is 301 g/mol. The van der Waals surface area contributed by atoms with Gasteiger partial charge >= 0.3 is 7.60 Å². The van der Waals surface area contributed by atoms with Crippen molar-refractivity contribution in [3.8, 4) is 0 Å². The van der Waals surface area contributed by atoms with E-state index in [2.05, 4.69) is 6.58 Å². The van der Waals surface area contributed by atoms with Gasteiger partial charge in [0.05, 0.1) is 18.5 Å². The molecule has 1 rings (SSSR count). The van der Waals surface area contributed by atoms with Crippen molar-refractivity contribution in [3.63, 3.8) is 0 Å². The highest BCUT2D eigenvalue weighted by molar-refractivity contribution is 7.59. The maximum absolute atomic E-state index is 12.6. The SMILES string of the molecule is C=C/C(=C\c1ccccc1Cl)P(=O)(OCC)OCC. The molecular formula is C14H18ClO3P. The fraction of sp³-hybridized carbons (Fsp3) is 0.286. The lowest BCUT2D eigenvalue weighted by Crippen LogP contribution is -1.97. The second-order valence-corrected chi connectivity index (χ2v) is 6.06.